The highest BCUT2D eigenvalue weighted by molar-refractivity contribution is 7.16. The summed E-state index contributed by atoms with van der Waals surface area (Å²) in [6.45, 7) is 4.03. The topological polar surface area (TPSA) is 71.5 Å². The van der Waals surface area contributed by atoms with Crippen molar-refractivity contribution in [1.82, 2.24) is 9.88 Å². The lowest BCUT2D eigenvalue weighted by molar-refractivity contribution is -0.116. The standard InChI is InChI=1S/C28H31N3O3S/c32-24(23-11-10-20-6-4-5-9-22(20)18-23)12-13-26(33)29-28-30-27(21-7-2-1-3-8-21)25(35-28)19-31-14-16-34-17-15-31/h1-3,7-8,10-11,18H,4-6,9,12-17,19H2,(H,29,30,33). The molecule has 0 spiro atoms. The highest BCUT2D eigenvalue weighted by atomic mass is 32.1. The molecule has 0 radical (unpaired) electrons. The normalized spacial score (nSPS) is 16.0. The quantitative estimate of drug-likeness (QED) is 0.445. The summed E-state index contributed by atoms with van der Waals surface area (Å²) >= 11 is 1.51. The van der Waals surface area contributed by atoms with Crippen molar-refractivity contribution < 1.29 is 14.3 Å². The molecular formula is C28H31N3O3S. The van der Waals surface area contributed by atoms with Gasteiger partial charge in [0, 0.05) is 48.5 Å². The van der Waals surface area contributed by atoms with Crippen LogP contribution in [0.25, 0.3) is 11.3 Å². The summed E-state index contributed by atoms with van der Waals surface area (Å²) in [4.78, 5) is 33.7. The lowest BCUT2D eigenvalue weighted by atomic mass is 9.89. The zero-order chi connectivity index (χ0) is 24.0. The lowest BCUT2D eigenvalue weighted by Gasteiger charge is -2.26. The number of Topliss-reactive ketones (excluding diaryl/α,β-unsaturated/α-hetero) is 1. The molecule has 1 aliphatic carbocycles. The number of ether oxygens (including phenoxy) is 1. The van der Waals surface area contributed by atoms with Gasteiger partial charge in [-0.2, -0.15) is 0 Å². The van der Waals surface area contributed by atoms with E-state index in [4.69, 9.17) is 9.72 Å². The Morgan fingerprint density at radius 2 is 1.74 bits per heavy atom. The Hall–Kier alpha value is -2.87. The van der Waals surface area contributed by atoms with Crippen LogP contribution in [0.3, 0.4) is 0 Å². The minimum absolute atomic E-state index is 0.0191. The third-order valence-corrected chi connectivity index (χ3v) is 7.67. The fourth-order valence-corrected chi connectivity index (χ4v) is 5.80. The Morgan fingerprint density at radius 3 is 2.54 bits per heavy atom. The number of rotatable bonds is 8. The van der Waals surface area contributed by atoms with Crippen molar-refractivity contribution in [3.63, 3.8) is 0 Å². The van der Waals surface area contributed by atoms with Gasteiger partial charge in [-0.1, -0.05) is 53.8 Å². The van der Waals surface area contributed by atoms with E-state index in [2.05, 4.69) is 16.3 Å². The lowest BCUT2D eigenvalue weighted by Crippen LogP contribution is -2.35. The molecule has 35 heavy (non-hydrogen) atoms. The molecule has 1 fully saturated rings. The monoisotopic (exact) mass is 489 g/mol. The molecule has 1 N–H and O–H groups in total. The van der Waals surface area contributed by atoms with Gasteiger partial charge >= 0.3 is 0 Å². The third kappa shape index (κ3) is 6.04. The molecule has 2 aliphatic rings. The fourth-order valence-electron chi connectivity index (χ4n) is 4.76. The van der Waals surface area contributed by atoms with Crippen LogP contribution in [0.15, 0.2) is 48.5 Å². The molecule has 0 unspecified atom stereocenters. The van der Waals surface area contributed by atoms with Crippen molar-refractivity contribution in [2.45, 2.75) is 45.1 Å². The van der Waals surface area contributed by atoms with Gasteiger partial charge in [0.25, 0.3) is 0 Å². The van der Waals surface area contributed by atoms with Crippen LogP contribution in [0.2, 0.25) is 0 Å². The average molecular weight is 490 g/mol. The van der Waals surface area contributed by atoms with Crippen LogP contribution in [0, 0.1) is 0 Å². The predicted molar refractivity (Wildman–Crippen MR) is 139 cm³/mol. The van der Waals surface area contributed by atoms with Crippen molar-refractivity contribution in [3.8, 4) is 11.3 Å². The van der Waals surface area contributed by atoms with E-state index in [0.29, 0.717) is 10.7 Å². The second-order valence-electron chi connectivity index (χ2n) is 9.21. The predicted octanol–water partition coefficient (Wildman–Crippen LogP) is 5.12. The molecule has 3 aromatic rings. The van der Waals surface area contributed by atoms with Crippen molar-refractivity contribution in [2.24, 2.45) is 0 Å². The molecule has 0 bridgehead atoms. The van der Waals surface area contributed by atoms with Crippen molar-refractivity contribution >= 4 is 28.2 Å². The molecule has 1 aromatic heterocycles. The maximum Gasteiger partial charge on any atom is 0.226 e. The van der Waals surface area contributed by atoms with E-state index < -0.39 is 0 Å². The van der Waals surface area contributed by atoms with Crippen molar-refractivity contribution in [1.29, 1.82) is 0 Å². The number of carbonyl (C=O) groups is 2. The summed E-state index contributed by atoms with van der Waals surface area (Å²) < 4.78 is 5.48. The van der Waals surface area contributed by atoms with E-state index in [0.717, 1.165) is 61.8 Å². The summed E-state index contributed by atoms with van der Waals surface area (Å²) in [6.07, 6.45) is 4.88. The number of aromatic nitrogens is 1. The number of amides is 1. The van der Waals surface area contributed by atoms with Gasteiger partial charge in [-0.05, 0) is 42.9 Å². The molecule has 6 nitrogen and oxygen atoms in total. The molecule has 1 saturated heterocycles. The van der Waals surface area contributed by atoms with Gasteiger partial charge in [0.15, 0.2) is 10.9 Å². The summed E-state index contributed by atoms with van der Waals surface area (Å²) in [6, 6.07) is 16.1. The number of aryl methyl sites for hydroxylation is 2. The van der Waals surface area contributed by atoms with Gasteiger partial charge < -0.3 is 10.1 Å². The van der Waals surface area contributed by atoms with Crippen LogP contribution in [-0.2, 0) is 28.9 Å². The molecule has 2 heterocycles. The second-order valence-corrected chi connectivity index (χ2v) is 10.3. The number of hydrogen-bond acceptors (Lipinski definition) is 6. The number of fused-ring (bicyclic) bond motifs is 1. The number of morpholine rings is 1. The van der Waals surface area contributed by atoms with E-state index in [9.17, 15) is 9.59 Å². The SMILES string of the molecule is O=C(CCC(=O)c1ccc2c(c1)CCCC2)Nc1nc(-c2ccccc2)c(CN2CCOCC2)s1. The molecule has 0 saturated carbocycles. The summed E-state index contributed by atoms with van der Waals surface area (Å²) in [5.74, 6) is -0.159. The van der Waals surface area contributed by atoms with Crippen molar-refractivity contribution in [2.75, 3.05) is 31.6 Å². The maximum absolute atomic E-state index is 12.7. The highest BCUT2D eigenvalue weighted by Crippen LogP contribution is 2.32. The largest absolute Gasteiger partial charge is 0.379 e. The second kappa shape index (κ2) is 11.2. The zero-order valence-corrected chi connectivity index (χ0v) is 20.7. The van der Waals surface area contributed by atoms with Crippen LogP contribution >= 0.6 is 11.3 Å². The number of nitrogens with zero attached hydrogens (tertiary/aromatic N) is 2. The van der Waals surface area contributed by atoms with E-state index in [1.165, 1.54) is 35.3 Å². The Bertz CT molecular complexity index is 1190. The molecule has 0 atom stereocenters. The highest BCUT2D eigenvalue weighted by Gasteiger charge is 2.20. The summed E-state index contributed by atoms with van der Waals surface area (Å²) in [5.41, 5.74) is 5.30. The number of ketones is 1. The van der Waals surface area contributed by atoms with Gasteiger partial charge in [0.2, 0.25) is 5.91 Å². The summed E-state index contributed by atoms with van der Waals surface area (Å²) in [7, 11) is 0. The number of benzene rings is 2. The molecule has 182 valence electrons. The zero-order valence-electron chi connectivity index (χ0n) is 19.9. The number of anilines is 1. The van der Waals surface area contributed by atoms with Crippen LogP contribution in [0.1, 0.15) is 52.0 Å². The first-order chi connectivity index (χ1) is 17.2. The Morgan fingerprint density at radius 1 is 0.971 bits per heavy atom. The first-order valence-corrected chi connectivity index (χ1v) is 13.3. The van der Waals surface area contributed by atoms with Crippen LogP contribution < -0.4 is 5.32 Å². The number of thiazole rings is 1. The first kappa shape index (κ1) is 23.9. The number of carbonyl (C=O) groups excluding carboxylic acids is 2. The molecule has 1 aliphatic heterocycles. The average Bonchev–Trinajstić information content (AvgIpc) is 3.29. The fraction of sp³-hybridized carbons (Fsp3) is 0.393. The first-order valence-electron chi connectivity index (χ1n) is 12.5. The molecular weight excluding hydrogens is 458 g/mol. The number of hydrogen-bond donors (Lipinski definition) is 1. The third-order valence-electron chi connectivity index (χ3n) is 6.71. The maximum atomic E-state index is 12.7. The van der Waals surface area contributed by atoms with Crippen LogP contribution in [-0.4, -0.2) is 47.9 Å². The van der Waals surface area contributed by atoms with E-state index in [-0.39, 0.29) is 24.5 Å². The Labute approximate surface area is 210 Å². The van der Waals surface area contributed by atoms with E-state index >= 15 is 0 Å². The van der Waals surface area contributed by atoms with Gasteiger partial charge in [-0.3, -0.25) is 14.5 Å². The van der Waals surface area contributed by atoms with E-state index in [1.807, 2.05) is 42.5 Å². The molecule has 5 rings (SSSR count). The van der Waals surface area contributed by atoms with Crippen LogP contribution in [0.4, 0.5) is 5.13 Å². The van der Waals surface area contributed by atoms with Crippen LogP contribution in [0.5, 0.6) is 0 Å². The Balaban J connectivity index is 1.23. The van der Waals surface area contributed by atoms with Crippen molar-refractivity contribution in [3.05, 3.63) is 70.1 Å². The Kier molecular flexibility index (Phi) is 7.66. The van der Waals surface area contributed by atoms with E-state index in [1.54, 1.807) is 0 Å². The van der Waals surface area contributed by atoms with Gasteiger partial charge in [-0.15, -0.1) is 0 Å². The molecule has 1 amide bonds. The van der Waals surface area contributed by atoms with Gasteiger partial charge in [0.1, 0.15) is 0 Å². The summed E-state index contributed by atoms with van der Waals surface area (Å²) in [5, 5.41) is 3.52. The molecule has 2 aromatic carbocycles. The van der Waals surface area contributed by atoms with Gasteiger partial charge in [0.05, 0.1) is 18.9 Å². The molecule has 7 heteroatoms. The minimum Gasteiger partial charge on any atom is -0.379 e. The number of nitrogens with one attached hydrogen (secondary N) is 1. The minimum atomic E-state index is -0.178. The smallest absolute Gasteiger partial charge is 0.226 e. The van der Waals surface area contributed by atoms with Gasteiger partial charge in [-0.25, -0.2) is 4.98 Å².